The molecule has 0 saturated heterocycles. The smallest absolute Gasteiger partial charge is 0.325 e. The summed E-state index contributed by atoms with van der Waals surface area (Å²) in [6.45, 7) is 5.61. The van der Waals surface area contributed by atoms with E-state index in [1.54, 1.807) is 0 Å². The van der Waals surface area contributed by atoms with Gasteiger partial charge in [-0.25, -0.2) is 0 Å². The Morgan fingerprint density at radius 1 is 1.09 bits per heavy atom. The van der Waals surface area contributed by atoms with Gasteiger partial charge in [-0.1, -0.05) is 26.7 Å². The maximum Gasteiger partial charge on any atom is 0.325 e. The number of carbonyl (C=O) groups excluding carboxylic acids is 2. The number of carboxylic acid groups (broad SMARTS) is 1. The molecule has 0 bridgehead atoms. The van der Waals surface area contributed by atoms with Crippen LogP contribution in [0.4, 0.5) is 0 Å². The van der Waals surface area contributed by atoms with Crippen LogP contribution < -0.4 is 22.1 Å². The SMILES string of the molecule is CC[C@H](C)[C@H](NC(=O)[C@@H](N)CCCCN)C(=O)N[C@@H](C)C(=O)O. The van der Waals surface area contributed by atoms with E-state index in [0.717, 1.165) is 12.8 Å². The van der Waals surface area contributed by atoms with Gasteiger partial charge in [0.1, 0.15) is 12.1 Å². The number of hydrogen-bond donors (Lipinski definition) is 5. The molecule has 0 rings (SSSR count). The summed E-state index contributed by atoms with van der Waals surface area (Å²) in [6.07, 6.45) is 2.67. The number of aliphatic carboxylic acids is 1. The lowest BCUT2D eigenvalue weighted by atomic mass is 9.97. The van der Waals surface area contributed by atoms with Crippen molar-refractivity contribution in [1.29, 1.82) is 0 Å². The highest BCUT2D eigenvalue weighted by molar-refractivity contribution is 5.91. The zero-order valence-corrected chi connectivity index (χ0v) is 14.2. The fraction of sp³-hybridized carbons (Fsp3) is 0.800. The van der Waals surface area contributed by atoms with Gasteiger partial charge in [-0.3, -0.25) is 14.4 Å². The minimum Gasteiger partial charge on any atom is -0.480 e. The van der Waals surface area contributed by atoms with E-state index in [9.17, 15) is 14.4 Å². The van der Waals surface area contributed by atoms with Gasteiger partial charge in [-0.15, -0.1) is 0 Å². The Bertz CT molecular complexity index is 403. The van der Waals surface area contributed by atoms with Crippen LogP contribution in [0.3, 0.4) is 0 Å². The lowest BCUT2D eigenvalue weighted by molar-refractivity contribution is -0.142. The number of amides is 2. The lowest BCUT2D eigenvalue weighted by Gasteiger charge is -2.26. The highest BCUT2D eigenvalue weighted by Gasteiger charge is 2.29. The van der Waals surface area contributed by atoms with Gasteiger partial charge in [0.15, 0.2) is 0 Å². The van der Waals surface area contributed by atoms with Crippen LogP contribution in [0.2, 0.25) is 0 Å². The second kappa shape index (κ2) is 11.0. The number of rotatable bonds is 11. The standard InChI is InChI=1S/C15H30N4O4/c1-4-9(2)12(14(21)18-10(3)15(22)23)19-13(20)11(17)7-5-6-8-16/h9-12H,4-8,16-17H2,1-3H3,(H,18,21)(H,19,20)(H,22,23)/t9-,10-,11-,12-/m0/s1. The third-order valence-electron chi connectivity index (χ3n) is 3.83. The summed E-state index contributed by atoms with van der Waals surface area (Å²) in [7, 11) is 0. The highest BCUT2D eigenvalue weighted by Crippen LogP contribution is 2.09. The van der Waals surface area contributed by atoms with E-state index in [4.69, 9.17) is 16.6 Å². The first-order chi connectivity index (χ1) is 10.7. The number of nitrogens with two attached hydrogens (primary N) is 2. The molecular weight excluding hydrogens is 300 g/mol. The van der Waals surface area contributed by atoms with Gasteiger partial charge in [-0.2, -0.15) is 0 Å². The van der Waals surface area contributed by atoms with Gasteiger partial charge in [-0.05, 0) is 32.2 Å². The molecule has 8 heteroatoms. The molecule has 134 valence electrons. The Morgan fingerprint density at radius 3 is 2.17 bits per heavy atom. The molecule has 0 aliphatic rings. The van der Waals surface area contributed by atoms with Crippen LogP contribution in [0.15, 0.2) is 0 Å². The first-order valence-electron chi connectivity index (χ1n) is 8.03. The maximum absolute atomic E-state index is 12.2. The summed E-state index contributed by atoms with van der Waals surface area (Å²) in [6, 6.07) is -2.54. The summed E-state index contributed by atoms with van der Waals surface area (Å²) < 4.78 is 0. The third kappa shape index (κ3) is 7.94. The first kappa shape index (κ1) is 21.3. The topological polar surface area (TPSA) is 148 Å². The number of carboxylic acids is 1. The second-order valence-corrected chi connectivity index (χ2v) is 5.83. The molecule has 0 spiro atoms. The van der Waals surface area contributed by atoms with Crippen LogP contribution in [0, 0.1) is 5.92 Å². The second-order valence-electron chi connectivity index (χ2n) is 5.83. The summed E-state index contributed by atoms with van der Waals surface area (Å²) >= 11 is 0. The van der Waals surface area contributed by atoms with E-state index in [0.29, 0.717) is 19.4 Å². The first-order valence-corrected chi connectivity index (χ1v) is 8.03. The van der Waals surface area contributed by atoms with Crippen molar-refractivity contribution in [2.24, 2.45) is 17.4 Å². The van der Waals surface area contributed by atoms with Crippen molar-refractivity contribution < 1.29 is 19.5 Å². The lowest BCUT2D eigenvalue weighted by Crippen LogP contribution is -2.56. The molecule has 8 nitrogen and oxygen atoms in total. The zero-order valence-electron chi connectivity index (χ0n) is 14.2. The Balaban J connectivity index is 4.75. The van der Waals surface area contributed by atoms with Crippen molar-refractivity contribution in [1.82, 2.24) is 10.6 Å². The van der Waals surface area contributed by atoms with Crippen molar-refractivity contribution in [3.63, 3.8) is 0 Å². The van der Waals surface area contributed by atoms with Crippen LogP contribution >= 0.6 is 0 Å². The van der Waals surface area contributed by atoms with Crippen LogP contribution in [-0.2, 0) is 14.4 Å². The Kier molecular flexibility index (Phi) is 10.2. The van der Waals surface area contributed by atoms with E-state index in [1.165, 1.54) is 6.92 Å². The molecule has 0 aliphatic carbocycles. The number of carbonyl (C=O) groups is 3. The molecular formula is C15H30N4O4. The minimum absolute atomic E-state index is 0.142. The van der Waals surface area contributed by atoms with E-state index in [-0.39, 0.29) is 5.92 Å². The van der Waals surface area contributed by atoms with Crippen molar-refractivity contribution in [2.75, 3.05) is 6.54 Å². The van der Waals surface area contributed by atoms with Gasteiger partial charge in [0.2, 0.25) is 11.8 Å². The molecule has 7 N–H and O–H groups in total. The molecule has 0 aliphatic heterocycles. The molecule has 0 unspecified atom stereocenters. The molecule has 4 atom stereocenters. The number of nitrogens with one attached hydrogen (secondary N) is 2. The molecule has 0 saturated carbocycles. The van der Waals surface area contributed by atoms with Crippen LogP contribution in [-0.4, -0.2) is 47.6 Å². The van der Waals surface area contributed by atoms with Gasteiger partial charge in [0.05, 0.1) is 6.04 Å². The predicted molar refractivity (Wildman–Crippen MR) is 87.5 cm³/mol. The van der Waals surface area contributed by atoms with Gasteiger partial charge in [0.25, 0.3) is 0 Å². The Morgan fingerprint density at radius 2 is 1.70 bits per heavy atom. The van der Waals surface area contributed by atoms with E-state index in [1.807, 2.05) is 13.8 Å². The van der Waals surface area contributed by atoms with E-state index >= 15 is 0 Å². The van der Waals surface area contributed by atoms with Crippen LogP contribution in [0.1, 0.15) is 46.5 Å². The Hall–Kier alpha value is -1.67. The third-order valence-corrected chi connectivity index (χ3v) is 3.83. The zero-order chi connectivity index (χ0) is 18.0. The minimum atomic E-state index is -1.13. The molecule has 2 amide bonds. The number of hydrogen-bond acceptors (Lipinski definition) is 5. The molecule has 0 aromatic rings. The Labute approximate surface area is 137 Å². The summed E-state index contributed by atoms with van der Waals surface area (Å²) in [4.78, 5) is 35.2. The molecule has 0 fully saturated rings. The van der Waals surface area contributed by atoms with Gasteiger partial charge in [0, 0.05) is 0 Å². The molecule has 0 heterocycles. The average molecular weight is 330 g/mol. The summed E-state index contributed by atoms with van der Waals surface area (Å²) in [5.74, 6) is -2.20. The monoisotopic (exact) mass is 330 g/mol. The van der Waals surface area contributed by atoms with Crippen molar-refractivity contribution >= 4 is 17.8 Å². The fourth-order valence-electron chi connectivity index (χ4n) is 1.97. The van der Waals surface area contributed by atoms with E-state index < -0.39 is 35.9 Å². The van der Waals surface area contributed by atoms with Gasteiger partial charge < -0.3 is 27.2 Å². The van der Waals surface area contributed by atoms with Crippen LogP contribution in [0.25, 0.3) is 0 Å². The molecule has 0 aromatic carbocycles. The summed E-state index contributed by atoms with van der Waals surface area (Å²) in [5, 5.41) is 13.9. The maximum atomic E-state index is 12.2. The van der Waals surface area contributed by atoms with E-state index in [2.05, 4.69) is 10.6 Å². The largest absolute Gasteiger partial charge is 0.480 e. The van der Waals surface area contributed by atoms with Gasteiger partial charge >= 0.3 is 5.97 Å². The van der Waals surface area contributed by atoms with Crippen LogP contribution in [0.5, 0.6) is 0 Å². The highest BCUT2D eigenvalue weighted by atomic mass is 16.4. The van der Waals surface area contributed by atoms with Crippen molar-refractivity contribution in [3.8, 4) is 0 Å². The predicted octanol–water partition coefficient (Wildman–Crippen LogP) is -0.437. The summed E-state index contributed by atoms with van der Waals surface area (Å²) in [5.41, 5.74) is 11.2. The molecule has 0 radical (unpaired) electrons. The fourth-order valence-corrected chi connectivity index (χ4v) is 1.97. The quantitative estimate of drug-likeness (QED) is 0.324. The average Bonchev–Trinajstić information content (AvgIpc) is 2.51. The normalized spacial score (nSPS) is 16.0. The van der Waals surface area contributed by atoms with Crippen molar-refractivity contribution in [3.05, 3.63) is 0 Å². The molecule has 0 aromatic heterocycles. The van der Waals surface area contributed by atoms with Crippen molar-refractivity contribution in [2.45, 2.75) is 64.6 Å². The molecule has 23 heavy (non-hydrogen) atoms. The number of unbranched alkanes of at least 4 members (excludes halogenated alkanes) is 1.